The quantitative estimate of drug-likeness (QED) is 0.505. The molecule has 1 unspecified atom stereocenters. The lowest BCUT2D eigenvalue weighted by Gasteiger charge is -2.12. The lowest BCUT2D eigenvalue weighted by atomic mass is 10.0. The molecule has 19 heavy (non-hydrogen) atoms. The first-order valence-corrected chi connectivity index (χ1v) is 5.47. The van der Waals surface area contributed by atoms with Gasteiger partial charge in [0.2, 0.25) is 0 Å². The van der Waals surface area contributed by atoms with E-state index in [0.717, 1.165) is 6.07 Å². The van der Waals surface area contributed by atoms with Crippen molar-refractivity contribution in [2.24, 2.45) is 0 Å². The lowest BCUT2D eigenvalue weighted by molar-refractivity contribution is -0.384. The number of anilines is 1. The van der Waals surface area contributed by atoms with Crippen LogP contribution in [0.1, 0.15) is 17.2 Å². The molecule has 2 aromatic rings. The highest BCUT2D eigenvalue weighted by Gasteiger charge is 2.19. The van der Waals surface area contributed by atoms with Crippen molar-refractivity contribution in [2.75, 3.05) is 5.73 Å². The number of rotatable bonds is 3. The van der Waals surface area contributed by atoms with Crippen LogP contribution in [0.5, 0.6) is 0 Å². The second-order valence-electron chi connectivity index (χ2n) is 4.00. The van der Waals surface area contributed by atoms with Crippen LogP contribution < -0.4 is 5.73 Å². The van der Waals surface area contributed by atoms with E-state index in [1.165, 1.54) is 30.3 Å². The molecule has 1 atom stereocenters. The lowest BCUT2D eigenvalue weighted by Crippen LogP contribution is -2.04. The van der Waals surface area contributed by atoms with Crippen molar-refractivity contribution in [1.29, 1.82) is 0 Å². The van der Waals surface area contributed by atoms with Gasteiger partial charge in [0.1, 0.15) is 17.6 Å². The fraction of sp³-hybridized carbons (Fsp3) is 0.0769. The number of nitrogen functional groups attached to an aromatic ring is 1. The molecule has 2 aromatic carbocycles. The van der Waals surface area contributed by atoms with Crippen LogP contribution in [0.2, 0.25) is 0 Å². The Hall–Kier alpha value is -2.47. The topological polar surface area (TPSA) is 89.4 Å². The molecule has 98 valence electrons. The van der Waals surface area contributed by atoms with Crippen molar-refractivity contribution in [3.05, 3.63) is 69.5 Å². The summed E-state index contributed by atoms with van der Waals surface area (Å²) < 4.78 is 13.5. The summed E-state index contributed by atoms with van der Waals surface area (Å²) in [5.41, 5.74) is 5.42. The number of nitrogens with two attached hydrogens (primary N) is 1. The Bertz CT molecular complexity index is 631. The predicted molar refractivity (Wildman–Crippen MR) is 68.0 cm³/mol. The van der Waals surface area contributed by atoms with E-state index in [0.29, 0.717) is 0 Å². The van der Waals surface area contributed by atoms with E-state index in [2.05, 4.69) is 0 Å². The molecule has 0 bridgehead atoms. The minimum Gasteiger partial charge on any atom is -0.393 e. The summed E-state index contributed by atoms with van der Waals surface area (Å²) >= 11 is 0. The van der Waals surface area contributed by atoms with Gasteiger partial charge in [0.05, 0.1) is 4.92 Å². The molecule has 0 saturated carbocycles. The Morgan fingerprint density at radius 2 is 1.95 bits per heavy atom. The van der Waals surface area contributed by atoms with Crippen molar-refractivity contribution in [3.8, 4) is 0 Å². The number of nitro benzene ring substituents is 1. The maximum absolute atomic E-state index is 13.5. The minimum atomic E-state index is -1.28. The van der Waals surface area contributed by atoms with E-state index in [4.69, 9.17) is 5.73 Å². The van der Waals surface area contributed by atoms with E-state index >= 15 is 0 Å². The smallest absolute Gasteiger partial charge is 0.292 e. The molecule has 0 amide bonds. The molecule has 0 radical (unpaired) electrons. The average molecular weight is 262 g/mol. The standard InChI is InChI=1S/C13H11FN2O3/c14-10-4-2-1-3-9(10)13(17)8-5-6-11(15)12(7-8)16(18)19/h1-7,13,17H,15H2. The number of nitrogens with zero attached hydrogens (tertiary/aromatic N) is 1. The van der Waals surface area contributed by atoms with Crippen LogP contribution in [0.15, 0.2) is 42.5 Å². The van der Waals surface area contributed by atoms with Gasteiger partial charge < -0.3 is 10.8 Å². The van der Waals surface area contributed by atoms with Gasteiger partial charge in [-0.15, -0.1) is 0 Å². The third-order valence-electron chi connectivity index (χ3n) is 2.77. The summed E-state index contributed by atoms with van der Waals surface area (Å²) in [5, 5.41) is 20.8. The fourth-order valence-electron chi connectivity index (χ4n) is 1.77. The van der Waals surface area contributed by atoms with Crippen LogP contribution in [0, 0.1) is 15.9 Å². The molecular formula is C13H11FN2O3. The van der Waals surface area contributed by atoms with Crippen LogP contribution in [-0.4, -0.2) is 10.0 Å². The molecule has 0 aliphatic heterocycles. The van der Waals surface area contributed by atoms with Gasteiger partial charge >= 0.3 is 0 Å². The Labute approximate surface area is 108 Å². The van der Waals surface area contributed by atoms with Crippen molar-refractivity contribution in [3.63, 3.8) is 0 Å². The molecular weight excluding hydrogens is 251 g/mol. The van der Waals surface area contributed by atoms with Gasteiger partial charge in [-0.3, -0.25) is 10.1 Å². The Morgan fingerprint density at radius 1 is 1.26 bits per heavy atom. The summed E-state index contributed by atoms with van der Waals surface area (Å²) in [6.07, 6.45) is -1.28. The van der Waals surface area contributed by atoms with Gasteiger partial charge in [-0.25, -0.2) is 4.39 Å². The first kappa shape index (κ1) is 13.0. The van der Waals surface area contributed by atoms with Gasteiger partial charge in [-0.1, -0.05) is 24.3 Å². The highest BCUT2D eigenvalue weighted by molar-refractivity contribution is 5.59. The molecule has 0 heterocycles. The third-order valence-corrected chi connectivity index (χ3v) is 2.77. The number of halogens is 1. The maximum Gasteiger partial charge on any atom is 0.292 e. The second kappa shape index (κ2) is 5.03. The molecule has 0 aliphatic carbocycles. The first-order chi connectivity index (χ1) is 9.00. The molecule has 2 rings (SSSR count). The van der Waals surface area contributed by atoms with Crippen LogP contribution in [0.25, 0.3) is 0 Å². The summed E-state index contributed by atoms with van der Waals surface area (Å²) in [7, 11) is 0. The average Bonchev–Trinajstić information content (AvgIpc) is 2.38. The van der Waals surface area contributed by atoms with Crippen molar-refractivity contribution >= 4 is 11.4 Å². The van der Waals surface area contributed by atoms with Gasteiger partial charge in [0, 0.05) is 11.6 Å². The van der Waals surface area contributed by atoms with Crippen LogP contribution >= 0.6 is 0 Å². The maximum atomic E-state index is 13.5. The van der Waals surface area contributed by atoms with E-state index in [1.807, 2.05) is 0 Å². The Morgan fingerprint density at radius 3 is 2.58 bits per heavy atom. The van der Waals surface area contributed by atoms with Crippen molar-refractivity contribution in [2.45, 2.75) is 6.10 Å². The summed E-state index contributed by atoms with van der Waals surface area (Å²) in [6.45, 7) is 0. The zero-order valence-corrected chi connectivity index (χ0v) is 9.79. The molecule has 0 aliphatic rings. The zero-order chi connectivity index (χ0) is 14.0. The zero-order valence-electron chi connectivity index (χ0n) is 9.79. The van der Waals surface area contributed by atoms with Crippen molar-refractivity contribution in [1.82, 2.24) is 0 Å². The van der Waals surface area contributed by atoms with Gasteiger partial charge in [-0.2, -0.15) is 0 Å². The molecule has 5 nitrogen and oxygen atoms in total. The van der Waals surface area contributed by atoms with Crippen LogP contribution in [0.3, 0.4) is 0 Å². The van der Waals surface area contributed by atoms with E-state index in [9.17, 15) is 19.6 Å². The molecule has 3 N–H and O–H groups in total. The molecule has 0 saturated heterocycles. The Balaban J connectivity index is 2.45. The van der Waals surface area contributed by atoms with E-state index < -0.39 is 16.8 Å². The molecule has 0 fully saturated rings. The van der Waals surface area contributed by atoms with E-state index in [1.54, 1.807) is 6.07 Å². The highest BCUT2D eigenvalue weighted by Crippen LogP contribution is 2.29. The number of aliphatic hydroxyl groups excluding tert-OH is 1. The number of hydrogen-bond acceptors (Lipinski definition) is 4. The van der Waals surface area contributed by atoms with Crippen molar-refractivity contribution < 1.29 is 14.4 Å². The number of aliphatic hydroxyl groups is 1. The minimum absolute atomic E-state index is 0.00511. The highest BCUT2D eigenvalue weighted by atomic mass is 19.1. The molecule has 0 aromatic heterocycles. The summed E-state index contributed by atoms with van der Waals surface area (Å²) in [4.78, 5) is 10.1. The fourth-order valence-corrected chi connectivity index (χ4v) is 1.77. The Kier molecular flexibility index (Phi) is 3.43. The third kappa shape index (κ3) is 2.53. The SMILES string of the molecule is Nc1ccc(C(O)c2ccccc2F)cc1[N+](=O)[O-]. The van der Waals surface area contributed by atoms with Gasteiger partial charge in [0.15, 0.2) is 0 Å². The molecule has 0 spiro atoms. The largest absolute Gasteiger partial charge is 0.393 e. The van der Waals surface area contributed by atoms with Gasteiger partial charge in [0.25, 0.3) is 5.69 Å². The monoisotopic (exact) mass is 262 g/mol. The number of hydrogen-bond donors (Lipinski definition) is 2. The second-order valence-corrected chi connectivity index (χ2v) is 4.00. The van der Waals surface area contributed by atoms with Crippen LogP contribution in [-0.2, 0) is 0 Å². The predicted octanol–water partition coefficient (Wildman–Crippen LogP) is 2.40. The normalized spacial score (nSPS) is 12.1. The summed E-state index contributed by atoms with van der Waals surface area (Å²) in [5.74, 6) is -0.575. The van der Waals surface area contributed by atoms with E-state index in [-0.39, 0.29) is 22.5 Å². The summed E-state index contributed by atoms with van der Waals surface area (Å²) in [6, 6.07) is 9.60. The molecule has 6 heteroatoms. The number of nitro groups is 1. The first-order valence-electron chi connectivity index (χ1n) is 5.47. The number of benzene rings is 2. The van der Waals surface area contributed by atoms with Gasteiger partial charge in [-0.05, 0) is 17.7 Å². The van der Waals surface area contributed by atoms with Crippen LogP contribution in [0.4, 0.5) is 15.8 Å².